The molecule has 4 aromatic carbocycles. The number of hydrogen-bond acceptors (Lipinski definition) is 12. The predicted octanol–water partition coefficient (Wildman–Crippen LogP) is 5.08. The number of nitrogens with zero attached hydrogens (tertiary/aromatic N) is 3. The third kappa shape index (κ3) is 13.1. The fraction of sp³-hybridized carbons (Fsp3) is 0.500. The summed E-state index contributed by atoms with van der Waals surface area (Å²) in [5.41, 5.74) is 2.58. The van der Waals surface area contributed by atoms with E-state index in [2.05, 4.69) is 55.5 Å². The van der Waals surface area contributed by atoms with Crippen molar-refractivity contribution in [1.29, 1.82) is 0 Å². The molecule has 4 heterocycles. The summed E-state index contributed by atoms with van der Waals surface area (Å²) in [6, 6.07) is 17.5. The van der Waals surface area contributed by atoms with Gasteiger partial charge in [0.1, 0.15) is 35.2 Å². The molecule has 3 fully saturated rings. The van der Waals surface area contributed by atoms with Crippen molar-refractivity contribution in [2.24, 2.45) is 5.92 Å². The Morgan fingerprint density at radius 1 is 0.850 bits per heavy atom. The zero-order chi connectivity index (χ0) is 56.8. The van der Waals surface area contributed by atoms with Crippen molar-refractivity contribution >= 4 is 46.7 Å². The zero-order valence-corrected chi connectivity index (χ0v) is 46.2. The highest BCUT2D eigenvalue weighted by Gasteiger charge is 2.49. The van der Waals surface area contributed by atoms with Gasteiger partial charge in [-0.25, -0.2) is 13.2 Å². The van der Waals surface area contributed by atoms with Crippen LogP contribution in [-0.4, -0.2) is 153 Å². The number of para-hydroxylation sites is 1. The molecule has 0 aromatic heterocycles. The molecule has 8 atom stereocenters. The van der Waals surface area contributed by atoms with Crippen molar-refractivity contribution in [2.45, 2.75) is 114 Å². The summed E-state index contributed by atoms with van der Waals surface area (Å²) in [6.45, 7) is 12.9. The number of piperazine rings is 1. The minimum atomic E-state index is -1.43. The van der Waals surface area contributed by atoms with Crippen LogP contribution in [0.15, 0.2) is 78.9 Å². The fourth-order valence-corrected chi connectivity index (χ4v) is 12.0. The molecule has 0 radical (unpaired) electrons. The van der Waals surface area contributed by atoms with Crippen LogP contribution in [0.25, 0.3) is 0 Å². The van der Waals surface area contributed by atoms with Crippen LogP contribution in [-0.2, 0) is 56.6 Å². The first-order chi connectivity index (χ1) is 38.4. The summed E-state index contributed by atoms with van der Waals surface area (Å²) in [6.07, 6.45) is 1.47. The van der Waals surface area contributed by atoms with E-state index in [1.807, 2.05) is 25.1 Å². The number of carbonyl (C=O) groups excluding carboxylic acids is 6. The second-order valence-electron chi connectivity index (χ2n) is 22.5. The fourth-order valence-electron chi connectivity index (χ4n) is 12.0. The van der Waals surface area contributed by atoms with E-state index >= 15 is 8.78 Å². The lowest BCUT2D eigenvalue weighted by Crippen LogP contribution is -2.61. The molecule has 4 aromatic rings. The Morgan fingerprint density at radius 2 is 1.59 bits per heavy atom. The molecule has 1 unspecified atom stereocenters. The van der Waals surface area contributed by atoms with Crippen LogP contribution in [0.5, 0.6) is 0 Å². The Morgan fingerprint density at radius 3 is 2.31 bits per heavy atom. The van der Waals surface area contributed by atoms with Gasteiger partial charge in [0.15, 0.2) is 5.78 Å². The standard InChI is InChI=1S/C60H74F3N9O8/c1-35-30-71(44(29-66-35)32-70-21-24-80-34-36(70)2)33-51(73)47-28-60(4,48-16-11-39(26-46(47)48)25-38-9-13-42(61)14-10-38)59(78)65-20-17-52(74)67-43-15-12-41-31-72(55(45(41)27-43)57(76)69-54-49(62)7-6-8-50(54)63)58(77)53(40-18-22-79-23-19-40)68-56(75)37(3)64-5/h6-16,26-27,35-37,40,44,47,53,55,64,66H,17-25,28-34H2,1-5H3,(H,65,78)(H,67,74)(H,68,75)(H,69,76)/t35-,36-,37+,44-,47?,53+,55+,60-/m1/s1. The molecule has 3 saturated heterocycles. The van der Waals surface area contributed by atoms with Crippen LogP contribution < -0.4 is 31.9 Å². The van der Waals surface area contributed by atoms with Gasteiger partial charge in [0.2, 0.25) is 23.6 Å². The molecule has 5 aliphatic rings. The van der Waals surface area contributed by atoms with Crippen LogP contribution in [0.2, 0.25) is 0 Å². The first-order valence-electron chi connectivity index (χ1n) is 27.9. The summed E-state index contributed by atoms with van der Waals surface area (Å²) in [4.78, 5) is 91.5. The Balaban J connectivity index is 0.905. The summed E-state index contributed by atoms with van der Waals surface area (Å²) in [5.74, 6) is -6.04. The molecule has 17 nitrogen and oxygen atoms in total. The number of rotatable bonds is 19. The molecule has 0 bridgehead atoms. The minimum absolute atomic E-state index is 0.0150. The highest BCUT2D eigenvalue weighted by molar-refractivity contribution is 6.01. The van der Waals surface area contributed by atoms with E-state index in [1.165, 1.54) is 23.1 Å². The Bertz CT molecular complexity index is 2920. The van der Waals surface area contributed by atoms with E-state index in [9.17, 15) is 33.2 Å². The number of ether oxygens (including phenoxy) is 2. The number of nitrogens with one attached hydrogen (secondary N) is 6. The van der Waals surface area contributed by atoms with Crippen LogP contribution >= 0.6 is 0 Å². The monoisotopic (exact) mass is 1110 g/mol. The van der Waals surface area contributed by atoms with Crippen molar-refractivity contribution in [3.63, 3.8) is 0 Å². The van der Waals surface area contributed by atoms with Gasteiger partial charge in [-0.15, -0.1) is 0 Å². The largest absolute Gasteiger partial charge is 0.381 e. The average molecular weight is 1110 g/mol. The van der Waals surface area contributed by atoms with E-state index in [1.54, 1.807) is 38.2 Å². The van der Waals surface area contributed by atoms with Crippen molar-refractivity contribution < 1.29 is 51.4 Å². The molecule has 0 spiro atoms. The van der Waals surface area contributed by atoms with Crippen LogP contribution in [0.4, 0.5) is 24.5 Å². The van der Waals surface area contributed by atoms with Gasteiger partial charge in [0, 0.05) is 88.6 Å². The van der Waals surface area contributed by atoms with E-state index in [0.29, 0.717) is 63.4 Å². The van der Waals surface area contributed by atoms with Crippen molar-refractivity contribution in [3.05, 3.63) is 130 Å². The van der Waals surface area contributed by atoms with Crippen molar-refractivity contribution in [3.8, 4) is 0 Å². The van der Waals surface area contributed by atoms with Gasteiger partial charge >= 0.3 is 0 Å². The Hall–Kier alpha value is -6.55. The Labute approximate surface area is 465 Å². The van der Waals surface area contributed by atoms with Gasteiger partial charge in [0.25, 0.3) is 5.91 Å². The smallest absolute Gasteiger partial charge is 0.252 e. The topological polar surface area (TPSA) is 203 Å². The first-order valence-corrected chi connectivity index (χ1v) is 27.9. The number of morpholine rings is 1. The third-order valence-electron chi connectivity index (χ3n) is 16.8. The number of hydrogen-bond donors (Lipinski definition) is 6. The second kappa shape index (κ2) is 25.5. The number of benzene rings is 4. The maximum Gasteiger partial charge on any atom is 0.252 e. The molecular weight excluding hydrogens is 1030 g/mol. The number of ketones is 1. The van der Waals surface area contributed by atoms with Crippen molar-refractivity contribution in [1.82, 2.24) is 36.0 Å². The quantitative estimate of drug-likeness (QED) is 0.0729. The highest BCUT2D eigenvalue weighted by atomic mass is 19.1. The van der Waals surface area contributed by atoms with E-state index < -0.39 is 70.4 Å². The van der Waals surface area contributed by atoms with Gasteiger partial charge in [-0.1, -0.05) is 42.5 Å². The molecule has 1 aliphatic carbocycles. The number of anilines is 2. The number of Topliss-reactive ketones (excluding diaryl/α,β-unsaturated/α-hetero) is 1. The normalized spacial score (nSPS) is 24.1. The SMILES string of the molecule is CN[C@@H](C)C(=O)N[C@H](C(=O)N1Cc2ccc(NC(=O)CCNC(=O)[C@]3(C)CC(C(=O)CN4C[C@@H](C)NC[C@@H]4CN4CCOC[C@H]4C)c4cc(Cc5ccc(F)cc5)ccc43)cc2[C@H]1C(=O)Nc1c(F)cccc1F)C1CCOCC1. The molecule has 20 heteroatoms. The predicted molar refractivity (Wildman–Crippen MR) is 295 cm³/mol. The van der Waals surface area contributed by atoms with Crippen LogP contribution in [0.1, 0.15) is 98.7 Å². The first kappa shape index (κ1) is 58.1. The molecule has 6 N–H and O–H groups in total. The zero-order valence-electron chi connectivity index (χ0n) is 46.2. The highest BCUT2D eigenvalue weighted by Crippen LogP contribution is 2.48. The van der Waals surface area contributed by atoms with Gasteiger partial charge in [-0.3, -0.25) is 38.6 Å². The molecule has 9 rings (SSSR count). The van der Waals surface area contributed by atoms with Gasteiger partial charge in [0.05, 0.1) is 31.2 Å². The number of amides is 5. The lowest BCUT2D eigenvalue weighted by molar-refractivity contribution is -0.144. The summed E-state index contributed by atoms with van der Waals surface area (Å²) >= 11 is 0. The average Bonchev–Trinajstić information content (AvgIpc) is 4.19. The third-order valence-corrected chi connectivity index (χ3v) is 16.8. The summed E-state index contributed by atoms with van der Waals surface area (Å²) in [5, 5.41) is 17.6. The summed E-state index contributed by atoms with van der Waals surface area (Å²) < 4.78 is 55.2. The number of halogens is 3. The summed E-state index contributed by atoms with van der Waals surface area (Å²) in [7, 11) is 1.61. The van der Waals surface area contributed by atoms with Gasteiger partial charge in [-0.05, 0) is 136 Å². The Kier molecular flexibility index (Phi) is 18.5. The van der Waals surface area contributed by atoms with Crippen LogP contribution in [0.3, 0.4) is 0 Å². The molecular formula is C60H74F3N9O8. The number of likely N-dealkylation sites (N-methyl/N-ethyl adjacent to an activating group) is 1. The molecule has 428 valence electrons. The number of carbonyl (C=O) groups is 6. The van der Waals surface area contributed by atoms with E-state index in [-0.39, 0.29) is 79.7 Å². The minimum Gasteiger partial charge on any atom is -0.381 e. The lowest BCUT2D eigenvalue weighted by atomic mass is 9.81. The van der Waals surface area contributed by atoms with Gasteiger partial charge in [-0.2, -0.15) is 0 Å². The van der Waals surface area contributed by atoms with E-state index in [4.69, 9.17) is 9.47 Å². The van der Waals surface area contributed by atoms with Crippen LogP contribution in [0, 0.1) is 23.4 Å². The van der Waals surface area contributed by atoms with E-state index in [0.717, 1.165) is 60.1 Å². The maximum absolute atomic E-state index is 15.0. The molecule has 0 saturated carbocycles. The second-order valence-corrected chi connectivity index (χ2v) is 22.5. The lowest BCUT2D eigenvalue weighted by Gasteiger charge is -2.43. The number of fused-ring (bicyclic) bond motifs is 2. The molecule has 5 amide bonds. The van der Waals surface area contributed by atoms with Gasteiger partial charge < -0.3 is 46.3 Å². The molecule has 80 heavy (non-hydrogen) atoms. The van der Waals surface area contributed by atoms with Crippen molar-refractivity contribution in [2.75, 3.05) is 83.4 Å². The maximum atomic E-state index is 15.0. The molecule has 4 aliphatic heterocycles.